The highest BCUT2D eigenvalue weighted by atomic mass is 32.2. The third kappa shape index (κ3) is 3.36. The molecule has 0 aliphatic rings. The van der Waals surface area contributed by atoms with E-state index in [0.717, 1.165) is 11.3 Å². The third-order valence-corrected chi connectivity index (χ3v) is 2.80. The fraction of sp³-hybridized carbons (Fsp3) is 0.300. The van der Waals surface area contributed by atoms with Crippen LogP contribution in [-0.4, -0.2) is 12.3 Å². The number of hydrogen-bond acceptors (Lipinski definition) is 4. The smallest absolute Gasteiger partial charge is 0.177 e. The summed E-state index contributed by atoms with van der Waals surface area (Å²) in [4.78, 5) is 0. The minimum Gasteiger partial charge on any atom is -0.496 e. The summed E-state index contributed by atoms with van der Waals surface area (Å²) in [5, 5.41) is 3.77. The molecule has 0 aromatic heterocycles. The van der Waals surface area contributed by atoms with Gasteiger partial charge in [0.25, 0.3) is 0 Å². The van der Waals surface area contributed by atoms with Crippen molar-refractivity contribution in [2.75, 3.05) is 7.11 Å². The fourth-order valence-corrected chi connectivity index (χ4v) is 1.81. The van der Waals surface area contributed by atoms with Crippen LogP contribution >= 0.6 is 11.8 Å². The largest absolute Gasteiger partial charge is 0.496 e. The maximum Gasteiger partial charge on any atom is 0.177 e. The Morgan fingerprint density at radius 1 is 1.53 bits per heavy atom. The van der Waals surface area contributed by atoms with Gasteiger partial charge >= 0.3 is 0 Å². The van der Waals surface area contributed by atoms with Gasteiger partial charge in [0.05, 0.1) is 7.11 Å². The van der Waals surface area contributed by atoms with E-state index in [4.69, 9.17) is 16.3 Å². The standard InChI is InChI=1S/C10H15N3OS/c1-7-3-4-9(14-2)8(5-7)6-15-10(11)13-12/h3-5H,6,12H2,1-2H3,(H2,11,13). The van der Waals surface area contributed by atoms with E-state index in [1.165, 1.54) is 17.3 Å². The summed E-state index contributed by atoms with van der Waals surface area (Å²) in [6.45, 7) is 2.04. The van der Waals surface area contributed by atoms with Gasteiger partial charge in [-0.1, -0.05) is 29.5 Å². The van der Waals surface area contributed by atoms with Crippen LogP contribution < -0.4 is 16.3 Å². The molecule has 0 amide bonds. The average Bonchev–Trinajstić information content (AvgIpc) is 2.26. The molecule has 0 saturated carbocycles. The molecular formula is C10H15N3OS. The van der Waals surface area contributed by atoms with E-state index < -0.39 is 0 Å². The van der Waals surface area contributed by atoms with Crippen molar-refractivity contribution in [1.29, 1.82) is 0 Å². The molecule has 0 aliphatic heterocycles. The number of rotatable bonds is 3. The lowest BCUT2D eigenvalue weighted by molar-refractivity contribution is 0.411. The number of methoxy groups -OCH3 is 1. The van der Waals surface area contributed by atoms with Gasteiger partial charge in [-0.2, -0.15) is 5.10 Å². The van der Waals surface area contributed by atoms with E-state index in [2.05, 4.69) is 11.2 Å². The molecule has 1 aromatic rings. The highest BCUT2D eigenvalue weighted by Gasteiger charge is 2.04. The molecule has 0 heterocycles. The molecule has 0 aliphatic carbocycles. The van der Waals surface area contributed by atoms with Crippen molar-refractivity contribution in [3.63, 3.8) is 0 Å². The number of nitrogens with two attached hydrogens (primary N) is 2. The molecule has 0 bridgehead atoms. The third-order valence-electron chi connectivity index (χ3n) is 1.94. The lowest BCUT2D eigenvalue weighted by Gasteiger charge is -2.08. The Labute approximate surface area is 93.7 Å². The second kappa shape index (κ2) is 5.50. The van der Waals surface area contributed by atoms with Crippen LogP contribution in [0.5, 0.6) is 5.75 Å². The summed E-state index contributed by atoms with van der Waals surface area (Å²) in [5.41, 5.74) is 7.78. The van der Waals surface area contributed by atoms with Crippen molar-refractivity contribution < 1.29 is 4.74 Å². The van der Waals surface area contributed by atoms with E-state index in [-0.39, 0.29) is 0 Å². The summed E-state index contributed by atoms with van der Waals surface area (Å²) in [5.74, 6) is 6.61. The van der Waals surface area contributed by atoms with E-state index in [1.54, 1.807) is 7.11 Å². The Balaban J connectivity index is 2.78. The summed E-state index contributed by atoms with van der Waals surface area (Å²) < 4.78 is 5.24. The van der Waals surface area contributed by atoms with Crippen LogP contribution in [0.15, 0.2) is 23.3 Å². The fourth-order valence-electron chi connectivity index (χ4n) is 1.21. The minimum absolute atomic E-state index is 0.374. The van der Waals surface area contributed by atoms with Crippen LogP contribution in [-0.2, 0) is 5.75 Å². The minimum atomic E-state index is 0.374. The molecule has 15 heavy (non-hydrogen) atoms. The SMILES string of the molecule is COc1ccc(C)cc1CSC(N)=NN. The van der Waals surface area contributed by atoms with Crippen LogP contribution in [0.2, 0.25) is 0 Å². The summed E-state index contributed by atoms with van der Waals surface area (Å²) in [6, 6.07) is 6.02. The molecule has 5 heteroatoms. The zero-order chi connectivity index (χ0) is 11.3. The van der Waals surface area contributed by atoms with Gasteiger partial charge in [-0.05, 0) is 13.0 Å². The molecule has 82 valence electrons. The first-order chi connectivity index (χ1) is 7.17. The van der Waals surface area contributed by atoms with Crippen LogP contribution in [0.25, 0.3) is 0 Å². The Morgan fingerprint density at radius 2 is 2.27 bits per heavy atom. The maximum absolute atomic E-state index is 5.50. The van der Waals surface area contributed by atoms with Crippen molar-refractivity contribution >= 4 is 16.9 Å². The molecule has 0 unspecified atom stereocenters. The van der Waals surface area contributed by atoms with Crippen molar-refractivity contribution in [3.8, 4) is 5.75 Å². The number of ether oxygens (including phenoxy) is 1. The van der Waals surface area contributed by atoms with Crippen LogP contribution in [0.4, 0.5) is 0 Å². The average molecular weight is 225 g/mol. The molecule has 0 radical (unpaired) electrons. The van der Waals surface area contributed by atoms with Crippen molar-refractivity contribution in [3.05, 3.63) is 29.3 Å². The molecule has 4 nitrogen and oxygen atoms in total. The van der Waals surface area contributed by atoms with Gasteiger partial charge < -0.3 is 16.3 Å². The molecule has 4 N–H and O–H groups in total. The Morgan fingerprint density at radius 3 is 2.87 bits per heavy atom. The van der Waals surface area contributed by atoms with Gasteiger partial charge in [0.2, 0.25) is 0 Å². The van der Waals surface area contributed by atoms with Gasteiger partial charge in [0, 0.05) is 11.3 Å². The number of aryl methyl sites for hydroxylation is 1. The Hall–Kier alpha value is -1.36. The predicted molar refractivity (Wildman–Crippen MR) is 64.8 cm³/mol. The highest BCUT2D eigenvalue weighted by molar-refractivity contribution is 8.13. The van der Waals surface area contributed by atoms with Gasteiger partial charge in [-0.25, -0.2) is 0 Å². The summed E-state index contributed by atoms with van der Waals surface area (Å²) >= 11 is 1.39. The topological polar surface area (TPSA) is 73.6 Å². The molecule has 1 rings (SSSR count). The van der Waals surface area contributed by atoms with E-state index in [9.17, 15) is 0 Å². The highest BCUT2D eigenvalue weighted by Crippen LogP contribution is 2.24. The van der Waals surface area contributed by atoms with E-state index >= 15 is 0 Å². The lowest BCUT2D eigenvalue weighted by atomic mass is 10.1. The normalized spacial score (nSPS) is 11.5. The molecule has 1 aromatic carbocycles. The summed E-state index contributed by atoms with van der Waals surface area (Å²) in [6.07, 6.45) is 0. The van der Waals surface area contributed by atoms with Crippen molar-refractivity contribution in [1.82, 2.24) is 0 Å². The molecule has 0 spiro atoms. The Bertz CT molecular complexity index is 366. The Kier molecular flexibility index (Phi) is 4.30. The summed E-state index contributed by atoms with van der Waals surface area (Å²) in [7, 11) is 1.65. The number of hydrogen-bond donors (Lipinski definition) is 2. The predicted octanol–water partition coefficient (Wildman–Crippen LogP) is 1.43. The first-order valence-electron chi connectivity index (χ1n) is 4.47. The van der Waals surface area contributed by atoms with Crippen molar-refractivity contribution in [2.24, 2.45) is 16.7 Å². The van der Waals surface area contributed by atoms with E-state index in [1.807, 2.05) is 19.1 Å². The van der Waals surface area contributed by atoms with Gasteiger partial charge in [-0.3, -0.25) is 0 Å². The number of thioether (sulfide) groups is 1. The first kappa shape index (κ1) is 11.7. The molecule has 0 atom stereocenters. The van der Waals surface area contributed by atoms with E-state index in [0.29, 0.717) is 10.9 Å². The van der Waals surface area contributed by atoms with Crippen LogP contribution in [0.1, 0.15) is 11.1 Å². The van der Waals surface area contributed by atoms with Gasteiger partial charge in [0.15, 0.2) is 5.17 Å². The molecule has 0 saturated heterocycles. The second-order valence-electron chi connectivity index (χ2n) is 3.07. The number of hydrazone groups is 1. The number of amidine groups is 1. The zero-order valence-electron chi connectivity index (χ0n) is 8.86. The zero-order valence-corrected chi connectivity index (χ0v) is 9.67. The van der Waals surface area contributed by atoms with Gasteiger partial charge in [0.1, 0.15) is 5.75 Å². The van der Waals surface area contributed by atoms with Gasteiger partial charge in [-0.15, -0.1) is 0 Å². The van der Waals surface area contributed by atoms with Crippen molar-refractivity contribution in [2.45, 2.75) is 12.7 Å². The van der Waals surface area contributed by atoms with Crippen LogP contribution in [0.3, 0.4) is 0 Å². The molecular weight excluding hydrogens is 210 g/mol. The molecule has 0 fully saturated rings. The lowest BCUT2D eigenvalue weighted by Crippen LogP contribution is -2.09. The second-order valence-corrected chi connectivity index (χ2v) is 4.07. The van der Waals surface area contributed by atoms with Crippen LogP contribution in [0, 0.1) is 6.92 Å². The first-order valence-corrected chi connectivity index (χ1v) is 5.45. The number of nitrogens with zero attached hydrogens (tertiary/aromatic N) is 1. The quantitative estimate of drug-likeness (QED) is 0.353. The maximum atomic E-state index is 5.50. The number of benzene rings is 1. The monoisotopic (exact) mass is 225 g/mol.